The molecular formula is C10H11N3O2. The molecule has 5 nitrogen and oxygen atoms in total. The van der Waals surface area contributed by atoms with E-state index in [1.165, 1.54) is 6.33 Å². The van der Waals surface area contributed by atoms with E-state index >= 15 is 0 Å². The summed E-state index contributed by atoms with van der Waals surface area (Å²) < 4.78 is 0. The third kappa shape index (κ3) is 4.09. The Morgan fingerprint density at radius 1 is 1.60 bits per heavy atom. The molecule has 15 heavy (non-hydrogen) atoms. The van der Waals surface area contributed by atoms with E-state index in [2.05, 4.69) is 21.2 Å². The van der Waals surface area contributed by atoms with Crippen LogP contribution in [0.2, 0.25) is 0 Å². The summed E-state index contributed by atoms with van der Waals surface area (Å²) in [5.74, 6) is 2.20. The van der Waals surface area contributed by atoms with Crippen molar-refractivity contribution in [3.05, 3.63) is 18.1 Å². The smallest absolute Gasteiger partial charge is 0.303 e. The maximum Gasteiger partial charge on any atom is 0.303 e. The number of aromatic nitrogens is 2. The van der Waals surface area contributed by atoms with Crippen molar-refractivity contribution in [1.82, 2.24) is 9.97 Å². The average Bonchev–Trinajstić information content (AvgIpc) is 2.24. The Balaban J connectivity index is 2.38. The summed E-state index contributed by atoms with van der Waals surface area (Å²) in [6.07, 6.45) is 7.22. The standard InChI is InChI=1S/C10H11N3O2/c1-2-8-6-9(13-7-12-8)11-5-3-4-10(14)15/h1,6-7H,3-5H2,(H,14,15)(H,11,12,13). The molecule has 2 N–H and O–H groups in total. The molecule has 0 aliphatic rings. The molecule has 0 radical (unpaired) electrons. The van der Waals surface area contributed by atoms with Gasteiger partial charge in [-0.25, -0.2) is 9.97 Å². The van der Waals surface area contributed by atoms with Gasteiger partial charge in [-0.3, -0.25) is 4.79 Å². The lowest BCUT2D eigenvalue weighted by Crippen LogP contribution is -2.06. The molecule has 1 heterocycles. The number of hydrogen-bond acceptors (Lipinski definition) is 4. The van der Waals surface area contributed by atoms with Crippen molar-refractivity contribution >= 4 is 11.8 Å². The van der Waals surface area contributed by atoms with E-state index in [1.807, 2.05) is 0 Å². The average molecular weight is 205 g/mol. The summed E-state index contributed by atoms with van der Waals surface area (Å²) in [4.78, 5) is 18.0. The van der Waals surface area contributed by atoms with Crippen LogP contribution in [0.15, 0.2) is 12.4 Å². The number of hydrogen-bond donors (Lipinski definition) is 2. The van der Waals surface area contributed by atoms with E-state index in [1.54, 1.807) is 6.07 Å². The lowest BCUT2D eigenvalue weighted by molar-refractivity contribution is -0.137. The van der Waals surface area contributed by atoms with Crippen LogP contribution in [0.1, 0.15) is 18.5 Å². The molecule has 0 saturated heterocycles. The van der Waals surface area contributed by atoms with Crippen molar-refractivity contribution in [1.29, 1.82) is 0 Å². The minimum atomic E-state index is -0.802. The van der Waals surface area contributed by atoms with E-state index in [9.17, 15) is 4.79 Å². The Morgan fingerprint density at radius 2 is 2.40 bits per heavy atom. The normalized spacial score (nSPS) is 9.27. The second-order valence-electron chi connectivity index (χ2n) is 2.86. The quantitative estimate of drug-likeness (QED) is 0.547. The minimum Gasteiger partial charge on any atom is -0.481 e. The van der Waals surface area contributed by atoms with Crippen LogP contribution in [0, 0.1) is 12.3 Å². The molecule has 0 aromatic carbocycles. The van der Waals surface area contributed by atoms with Gasteiger partial charge in [0.25, 0.3) is 0 Å². The molecule has 1 aromatic heterocycles. The highest BCUT2D eigenvalue weighted by Gasteiger charge is 1.98. The zero-order valence-electron chi connectivity index (χ0n) is 8.10. The number of nitrogens with one attached hydrogen (secondary N) is 1. The Kier molecular flexibility index (Phi) is 4.10. The number of carboxylic acid groups (broad SMARTS) is 1. The van der Waals surface area contributed by atoms with Crippen molar-refractivity contribution in [2.45, 2.75) is 12.8 Å². The molecule has 0 amide bonds. The first-order valence-electron chi connectivity index (χ1n) is 4.46. The Labute approximate surface area is 87.6 Å². The van der Waals surface area contributed by atoms with Crippen LogP contribution in [-0.4, -0.2) is 27.6 Å². The summed E-state index contributed by atoms with van der Waals surface area (Å²) in [7, 11) is 0. The minimum absolute atomic E-state index is 0.139. The van der Waals surface area contributed by atoms with Crippen LogP contribution in [0.3, 0.4) is 0 Å². The van der Waals surface area contributed by atoms with Gasteiger partial charge < -0.3 is 10.4 Å². The predicted octanol–water partition coefficient (Wildman–Crippen LogP) is 0.735. The van der Waals surface area contributed by atoms with E-state index < -0.39 is 5.97 Å². The number of terminal acetylenes is 1. The number of nitrogens with zero attached hydrogens (tertiary/aromatic N) is 2. The van der Waals surface area contributed by atoms with Crippen molar-refractivity contribution in [2.24, 2.45) is 0 Å². The number of aliphatic carboxylic acids is 1. The van der Waals surface area contributed by atoms with Crippen LogP contribution in [0.4, 0.5) is 5.82 Å². The second-order valence-corrected chi connectivity index (χ2v) is 2.86. The summed E-state index contributed by atoms with van der Waals surface area (Å²) in [5, 5.41) is 11.4. The molecule has 0 aliphatic carbocycles. The Hall–Kier alpha value is -2.09. The summed E-state index contributed by atoms with van der Waals surface area (Å²) >= 11 is 0. The monoisotopic (exact) mass is 205 g/mol. The highest BCUT2D eigenvalue weighted by Crippen LogP contribution is 2.02. The summed E-state index contributed by atoms with van der Waals surface area (Å²) in [6.45, 7) is 0.549. The fourth-order valence-corrected chi connectivity index (χ4v) is 0.989. The maximum absolute atomic E-state index is 10.2. The molecular weight excluding hydrogens is 194 g/mol. The molecule has 0 saturated carbocycles. The topological polar surface area (TPSA) is 75.1 Å². The van der Waals surface area contributed by atoms with E-state index in [4.69, 9.17) is 11.5 Å². The zero-order chi connectivity index (χ0) is 11.1. The summed E-state index contributed by atoms with van der Waals surface area (Å²) in [6, 6.07) is 1.64. The molecule has 0 unspecified atom stereocenters. The summed E-state index contributed by atoms with van der Waals surface area (Å²) in [5.41, 5.74) is 0.505. The molecule has 0 atom stereocenters. The second kappa shape index (κ2) is 5.60. The van der Waals surface area contributed by atoms with Gasteiger partial charge in [-0.15, -0.1) is 6.42 Å². The third-order valence-corrected chi connectivity index (χ3v) is 1.69. The highest BCUT2D eigenvalue weighted by molar-refractivity contribution is 5.66. The van der Waals surface area contributed by atoms with E-state index in [0.29, 0.717) is 24.5 Å². The lowest BCUT2D eigenvalue weighted by Gasteiger charge is -2.03. The number of anilines is 1. The largest absolute Gasteiger partial charge is 0.481 e. The van der Waals surface area contributed by atoms with Crippen molar-refractivity contribution in [3.8, 4) is 12.3 Å². The van der Waals surface area contributed by atoms with Crippen molar-refractivity contribution in [2.75, 3.05) is 11.9 Å². The molecule has 5 heteroatoms. The highest BCUT2D eigenvalue weighted by atomic mass is 16.4. The fourth-order valence-electron chi connectivity index (χ4n) is 0.989. The van der Waals surface area contributed by atoms with Gasteiger partial charge in [-0.2, -0.15) is 0 Å². The van der Waals surface area contributed by atoms with Crippen molar-refractivity contribution < 1.29 is 9.90 Å². The number of carboxylic acids is 1. The molecule has 0 spiro atoms. The first kappa shape index (κ1) is 11.0. The van der Waals surface area contributed by atoms with Crippen LogP contribution in [-0.2, 0) is 4.79 Å². The van der Waals surface area contributed by atoms with Gasteiger partial charge in [0.15, 0.2) is 0 Å². The van der Waals surface area contributed by atoms with E-state index in [-0.39, 0.29) is 6.42 Å². The van der Waals surface area contributed by atoms with Gasteiger partial charge >= 0.3 is 5.97 Å². The van der Waals surface area contributed by atoms with Gasteiger partial charge in [0.2, 0.25) is 0 Å². The molecule has 78 valence electrons. The van der Waals surface area contributed by atoms with Crippen molar-refractivity contribution in [3.63, 3.8) is 0 Å². The van der Waals surface area contributed by atoms with Crippen LogP contribution in [0.5, 0.6) is 0 Å². The number of carbonyl (C=O) groups is 1. The molecule has 1 rings (SSSR count). The molecule has 0 aliphatic heterocycles. The first-order chi connectivity index (χ1) is 7.22. The first-order valence-corrected chi connectivity index (χ1v) is 4.46. The lowest BCUT2D eigenvalue weighted by atomic mass is 10.3. The Morgan fingerprint density at radius 3 is 3.07 bits per heavy atom. The third-order valence-electron chi connectivity index (χ3n) is 1.69. The van der Waals surface area contributed by atoms with Crippen LogP contribution >= 0.6 is 0 Å². The maximum atomic E-state index is 10.2. The molecule has 0 bridgehead atoms. The van der Waals surface area contributed by atoms with Gasteiger partial charge in [-0.05, 0) is 6.42 Å². The molecule has 1 aromatic rings. The Bertz CT molecular complexity index is 384. The van der Waals surface area contributed by atoms with Gasteiger partial charge in [0.05, 0.1) is 0 Å². The van der Waals surface area contributed by atoms with Gasteiger partial charge in [-0.1, -0.05) is 5.92 Å². The fraction of sp³-hybridized carbons (Fsp3) is 0.300. The van der Waals surface area contributed by atoms with Gasteiger partial charge in [0, 0.05) is 19.0 Å². The van der Waals surface area contributed by atoms with Crippen LogP contribution < -0.4 is 5.32 Å². The van der Waals surface area contributed by atoms with Crippen LogP contribution in [0.25, 0.3) is 0 Å². The van der Waals surface area contributed by atoms with E-state index in [0.717, 1.165) is 0 Å². The SMILES string of the molecule is C#Cc1cc(NCCCC(=O)O)ncn1. The molecule has 0 fully saturated rings. The number of rotatable bonds is 5. The zero-order valence-corrected chi connectivity index (χ0v) is 8.10. The predicted molar refractivity (Wildman–Crippen MR) is 55.3 cm³/mol. The van der Waals surface area contributed by atoms with Gasteiger partial charge in [0.1, 0.15) is 17.8 Å².